The van der Waals surface area contributed by atoms with Gasteiger partial charge in [0, 0.05) is 21.2 Å². The first-order valence-corrected chi connectivity index (χ1v) is 6.31. The highest BCUT2D eigenvalue weighted by Gasteiger charge is 2.21. The number of aliphatic hydroxyl groups excluding tert-OH is 1. The Hall–Kier alpha value is -1.62. The van der Waals surface area contributed by atoms with Gasteiger partial charge in [-0.3, -0.25) is 0 Å². The van der Waals surface area contributed by atoms with Crippen molar-refractivity contribution in [2.45, 2.75) is 6.10 Å². The Morgan fingerprint density at radius 3 is 2.45 bits per heavy atom. The standard InChI is InChI=1S/C14H9Cl2FO3/c15-8-2-3-9(11(16)6-8)7-1-4-12(17)10(5-7)13(18)14(19)20/h1-6,13,18H,(H,19,20). The number of carboxylic acid groups (broad SMARTS) is 1. The molecule has 0 saturated carbocycles. The van der Waals surface area contributed by atoms with Gasteiger partial charge in [0.1, 0.15) is 5.82 Å². The summed E-state index contributed by atoms with van der Waals surface area (Å²) in [6.07, 6.45) is -1.93. The van der Waals surface area contributed by atoms with Crippen molar-refractivity contribution in [2.75, 3.05) is 0 Å². The molecule has 2 aromatic carbocycles. The van der Waals surface area contributed by atoms with Gasteiger partial charge in [-0.2, -0.15) is 0 Å². The SMILES string of the molecule is O=C(O)C(O)c1cc(-c2ccc(Cl)cc2Cl)ccc1F. The molecule has 1 atom stereocenters. The fraction of sp³-hybridized carbons (Fsp3) is 0.0714. The molecule has 3 nitrogen and oxygen atoms in total. The summed E-state index contributed by atoms with van der Waals surface area (Å²) in [6, 6.07) is 8.55. The molecule has 6 heteroatoms. The fourth-order valence-corrected chi connectivity index (χ4v) is 2.30. The van der Waals surface area contributed by atoms with E-state index in [1.807, 2.05) is 0 Å². The number of hydrogen-bond donors (Lipinski definition) is 2. The second kappa shape index (κ2) is 5.79. The summed E-state index contributed by atoms with van der Waals surface area (Å²) < 4.78 is 13.6. The molecule has 0 aliphatic heterocycles. The molecule has 0 amide bonds. The molecule has 0 aliphatic rings. The van der Waals surface area contributed by atoms with Gasteiger partial charge in [-0.05, 0) is 29.8 Å². The Morgan fingerprint density at radius 1 is 1.15 bits per heavy atom. The highest BCUT2D eigenvalue weighted by atomic mass is 35.5. The van der Waals surface area contributed by atoms with Crippen molar-refractivity contribution in [1.29, 1.82) is 0 Å². The lowest BCUT2D eigenvalue weighted by Gasteiger charge is -2.11. The van der Waals surface area contributed by atoms with E-state index in [9.17, 15) is 14.3 Å². The van der Waals surface area contributed by atoms with Gasteiger partial charge in [0.25, 0.3) is 0 Å². The van der Waals surface area contributed by atoms with E-state index in [-0.39, 0.29) is 5.56 Å². The van der Waals surface area contributed by atoms with E-state index in [0.717, 1.165) is 6.07 Å². The molecule has 20 heavy (non-hydrogen) atoms. The number of aliphatic hydroxyl groups is 1. The maximum Gasteiger partial charge on any atom is 0.337 e. The van der Waals surface area contributed by atoms with E-state index >= 15 is 0 Å². The number of carbonyl (C=O) groups is 1. The molecule has 2 N–H and O–H groups in total. The summed E-state index contributed by atoms with van der Waals surface area (Å²) in [6.45, 7) is 0. The Kier molecular flexibility index (Phi) is 4.28. The van der Waals surface area contributed by atoms with Crippen LogP contribution in [-0.2, 0) is 4.79 Å². The smallest absolute Gasteiger partial charge is 0.337 e. The molecule has 0 spiro atoms. The van der Waals surface area contributed by atoms with Crippen molar-refractivity contribution in [2.24, 2.45) is 0 Å². The molecule has 2 rings (SSSR count). The van der Waals surface area contributed by atoms with E-state index in [1.165, 1.54) is 18.2 Å². The van der Waals surface area contributed by atoms with Crippen molar-refractivity contribution in [3.05, 3.63) is 57.8 Å². The summed E-state index contributed by atoms with van der Waals surface area (Å²) in [5.74, 6) is -2.32. The Labute approximate surface area is 124 Å². The Balaban J connectivity index is 2.53. The van der Waals surface area contributed by atoms with Crippen LogP contribution in [0.4, 0.5) is 4.39 Å². The highest BCUT2D eigenvalue weighted by Crippen LogP contribution is 2.32. The zero-order valence-electron chi connectivity index (χ0n) is 9.98. The quantitative estimate of drug-likeness (QED) is 0.902. The minimum atomic E-state index is -1.93. The van der Waals surface area contributed by atoms with Crippen LogP contribution in [0.15, 0.2) is 36.4 Å². The molecule has 0 aromatic heterocycles. The number of benzene rings is 2. The van der Waals surface area contributed by atoms with E-state index in [0.29, 0.717) is 21.2 Å². The number of rotatable bonds is 3. The van der Waals surface area contributed by atoms with Crippen molar-refractivity contribution in [3.8, 4) is 11.1 Å². The lowest BCUT2D eigenvalue weighted by atomic mass is 10.00. The number of carboxylic acids is 1. The maximum absolute atomic E-state index is 13.6. The van der Waals surface area contributed by atoms with Crippen molar-refractivity contribution in [1.82, 2.24) is 0 Å². The molecular weight excluding hydrogens is 306 g/mol. The molecule has 0 bridgehead atoms. The molecule has 0 fully saturated rings. The minimum absolute atomic E-state index is 0.319. The van der Waals surface area contributed by atoms with Gasteiger partial charge in [-0.1, -0.05) is 35.3 Å². The first-order valence-electron chi connectivity index (χ1n) is 5.56. The third kappa shape index (κ3) is 2.93. The molecule has 0 radical (unpaired) electrons. The van der Waals surface area contributed by atoms with E-state index in [4.69, 9.17) is 28.3 Å². The molecule has 2 aromatic rings. The fourth-order valence-electron chi connectivity index (χ4n) is 1.78. The number of hydrogen-bond acceptors (Lipinski definition) is 2. The molecular formula is C14H9Cl2FO3. The first kappa shape index (κ1) is 14.8. The highest BCUT2D eigenvalue weighted by molar-refractivity contribution is 6.36. The lowest BCUT2D eigenvalue weighted by Crippen LogP contribution is -2.12. The Bertz CT molecular complexity index is 673. The summed E-state index contributed by atoms with van der Waals surface area (Å²) >= 11 is 11.8. The lowest BCUT2D eigenvalue weighted by molar-refractivity contribution is -0.147. The third-order valence-electron chi connectivity index (χ3n) is 2.77. The van der Waals surface area contributed by atoms with Crippen LogP contribution in [0.5, 0.6) is 0 Å². The third-order valence-corrected chi connectivity index (χ3v) is 3.31. The molecule has 0 heterocycles. The van der Waals surface area contributed by atoms with Crippen LogP contribution in [0.1, 0.15) is 11.7 Å². The topological polar surface area (TPSA) is 57.5 Å². The summed E-state index contributed by atoms with van der Waals surface area (Å²) in [5.41, 5.74) is 0.735. The van der Waals surface area contributed by atoms with Crippen molar-refractivity contribution < 1.29 is 19.4 Å². The van der Waals surface area contributed by atoms with Crippen molar-refractivity contribution in [3.63, 3.8) is 0 Å². The van der Waals surface area contributed by atoms with Crippen LogP contribution in [0.25, 0.3) is 11.1 Å². The van der Waals surface area contributed by atoms with Gasteiger partial charge in [-0.25, -0.2) is 9.18 Å². The van der Waals surface area contributed by atoms with E-state index < -0.39 is 17.9 Å². The van der Waals surface area contributed by atoms with Gasteiger partial charge < -0.3 is 10.2 Å². The predicted molar refractivity (Wildman–Crippen MR) is 74.5 cm³/mol. The zero-order valence-corrected chi connectivity index (χ0v) is 11.5. The normalized spacial score (nSPS) is 12.2. The van der Waals surface area contributed by atoms with Gasteiger partial charge in [-0.15, -0.1) is 0 Å². The van der Waals surface area contributed by atoms with Crippen LogP contribution < -0.4 is 0 Å². The van der Waals surface area contributed by atoms with Gasteiger partial charge in [0.2, 0.25) is 0 Å². The largest absolute Gasteiger partial charge is 0.479 e. The summed E-state index contributed by atoms with van der Waals surface area (Å²) in [5, 5.41) is 19.0. The number of aliphatic carboxylic acids is 1. The van der Waals surface area contributed by atoms with Gasteiger partial charge in [0.15, 0.2) is 6.10 Å². The number of halogens is 3. The van der Waals surface area contributed by atoms with Crippen LogP contribution in [-0.4, -0.2) is 16.2 Å². The van der Waals surface area contributed by atoms with E-state index in [2.05, 4.69) is 0 Å². The predicted octanol–water partition coefficient (Wildman–Crippen LogP) is 3.92. The van der Waals surface area contributed by atoms with Gasteiger partial charge in [0.05, 0.1) is 0 Å². The zero-order chi connectivity index (χ0) is 14.9. The monoisotopic (exact) mass is 314 g/mol. The Morgan fingerprint density at radius 2 is 1.85 bits per heavy atom. The molecule has 1 unspecified atom stereocenters. The second-order valence-electron chi connectivity index (χ2n) is 4.10. The van der Waals surface area contributed by atoms with Crippen LogP contribution >= 0.6 is 23.2 Å². The van der Waals surface area contributed by atoms with Crippen LogP contribution in [0.3, 0.4) is 0 Å². The average Bonchev–Trinajstić information content (AvgIpc) is 2.39. The minimum Gasteiger partial charge on any atom is -0.479 e. The molecule has 104 valence electrons. The average molecular weight is 315 g/mol. The molecule has 0 saturated heterocycles. The molecule has 0 aliphatic carbocycles. The summed E-state index contributed by atoms with van der Waals surface area (Å²) in [4.78, 5) is 10.8. The second-order valence-corrected chi connectivity index (χ2v) is 4.94. The maximum atomic E-state index is 13.6. The summed E-state index contributed by atoms with van der Waals surface area (Å²) in [7, 11) is 0. The first-order chi connectivity index (χ1) is 9.40. The van der Waals surface area contributed by atoms with Crippen LogP contribution in [0.2, 0.25) is 10.0 Å². The van der Waals surface area contributed by atoms with E-state index in [1.54, 1.807) is 12.1 Å². The van der Waals surface area contributed by atoms with Crippen LogP contribution in [0, 0.1) is 5.82 Å². The van der Waals surface area contributed by atoms with Gasteiger partial charge >= 0.3 is 5.97 Å². The van der Waals surface area contributed by atoms with Crippen molar-refractivity contribution >= 4 is 29.2 Å².